The van der Waals surface area contributed by atoms with Crippen molar-refractivity contribution < 1.29 is 9.47 Å². The molecule has 14 heavy (non-hydrogen) atoms. The zero-order chi connectivity index (χ0) is 10.4. The minimum atomic E-state index is -0.330. The maximum absolute atomic E-state index is 10.9. The Labute approximate surface area is 81.1 Å². The molecule has 0 unspecified atom stereocenters. The lowest BCUT2D eigenvalue weighted by molar-refractivity contribution is 0.108. The highest BCUT2D eigenvalue weighted by molar-refractivity contribution is 5.20. The van der Waals surface area contributed by atoms with Gasteiger partial charge < -0.3 is 15.2 Å². The summed E-state index contributed by atoms with van der Waals surface area (Å²) in [6.45, 7) is 3.34. The number of nitrogen functional groups attached to an aromatic ring is 1. The molecule has 6 nitrogen and oxygen atoms in total. The number of hydrogen-bond donors (Lipinski definition) is 2. The van der Waals surface area contributed by atoms with Crippen LogP contribution < -0.4 is 16.0 Å². The van der Waals surface area contributed by atoms with Crippen molar-refractivity contribution in [3.05, 3.63) is 16.4 Å². The molecule has 0 saturated heterocycles. The molecule has 0 fully saturated rings. The van der Waals surface area contributed by atoms with Gasteiger partial charge in [-0.2, -0.15) is 4.98 Å². The summed E-state index contributed by atoms with van der Waals surface area (Å²) in [6.07, 6.45) is 0. The summed E-state index contributed by atoms with van der Waals surface area (Å²) >= 11 is 0. The first-order valence-corrected chi connectivity index (χ1v) is 4.29. The molecule has 0 aliphatic heterocycles. The van der Waals surface area contributed by atoms with E-state index in [1.54, 1.807) is 0 Å². The molecule has 0 saturated carbocycles. The predicted octanol–water partition coefficient (Wildman–Crippen LogP) is -0.233. The number of aromatic nitrogens is 2. The van der Waals surface area contributed by atoms with Crippen LogP contribution >= 0.6 is 0 Å². The Bertz CT molecular complexity index is 337. The number of nitrogens with one attached hydrogen (secondary N) is 1. The molecule has 1 aromatic heterocycles. The highest BCUT2D eigenvalue weighted by Gasteiger charge is 1.98. The standard InChI is InChI=1S/C8H13N3O3/c1-2-13-3-4-14-7-5-6(12)10-8(9)11-7/h5H,2-4H2,1H3,(H3,9,10,11,12). The van der Waals surface area contributed by atoms with Crippen LogP contribution in [0.25, 0.3) is 0 Å². The molecule has 0 amide bonds. The van der Waals surface area contributed by atoms with E-state index in [9.17, 15) is 4.79 Å². The second-order valence-electron chi connectivity index (χ2n) is 2.51. The van der Waals surface area contributed by atoms with Crippen molar-refractivity contribution in [2.75, 3.05) is 25.6 Å². The van der Waals surface area contributed by atoms with Gasteiger partial charge in [-0.3, -0.25) is 9.78 Å². The maximum Gasteiger partial charge on any atom is 0.256 e. The third kappa shape index (κ3) is 3.44. The summed E-state index contributed by atoms with van der Waals surface area (Å²) in [5.74, 6) is 0.259. The number of aromatic amines is 1. The lowest BCUT2D eigenvalue weighted by atomic mass is 10.6. The summed E-state index contributed by atoms with van der Waals surface area (Å²) < 4.78 is 10.2. The zero-order valence-corrected chi connectivity index (χ0v) is 7.95. The van der Waals surface area contributed by atoms with E-state index in [4.69, 9.17) is 15.2 Å². The fraction of sp³-hybridized carbons (Fsp3) is 0.500. The number of nitrogens with two attached hydrogens (primary N) is 1. The van der Waals surface area contributed by atoms with Gasteiger partial charge in [0.15, 0.2) is 0 Å². The van der Waals surface area contributed by atoms with Crippen LogP contribution in [0.15, 0.2) is 10.9 Å². The van der Waals surface area contributed by atoms with Gasteiger partial charge in [0, 0.05) is 6.61 Å². The normalized spacial score (nSPS) is 10.1. The van der Waals surface area contributed by atoms with Gasteiger partial charge in [0.2, 0.25) is 11.8 Å². The topological polar surface area (TPSA) is 90.2 Å². The fourth-order valence-corrected chi connectivity index (χ4v) is 0.877. The molecule has 0 aliphatic carbocycles. The SMILES string of the molecule is CCOCCOc1cc(=O)[nH]c(N)n1. The molecule has 3 N–H and O–H groups in total. The van der Waals surface area contributed by atoms with Crippen LogP contribution in [0.5, 0.6) is 5.88 Å². The molecule has 78 valence electrons. The lowest BCUT2D eigenvalue weighted by Crippen LogP contribution is -2.13. The van der Waals surface area contributed by atoms with E-state index in [1.807, 2.05) is 6.92 Å². The molecule has 1 heterocycles. The molecule has 0 aliphatic rings. The van der Waals surface area contributed by atoms with Crippen molar-refractivity contribution in [2.45, 2.75) is 6.92 Å². The van der Waals surface area contributed by atoms with Crippen LogP contribution in [0.2, 0.25) is 0 Å². The molecule has 0 spiro atoms. The quantitative estimate of drug-likeness (QED) is 0.639. The van der Waals surface area contributed by atoms with Crippen molar-refractivity contribution in [3.8, 4) is 5.88 Å². The second-order valence-corrected chi connectivity index (χ2v) is 2.51. The van der Waals surface area contributed by atoms with E-state index >= 15 is 0 Å². The minimum Gasteiger partial charge on any atom is -0.475 e. The highest BCUT2D eigenvalue weighted by Crippen LogP contribution is 2.01. The van der Waals surface area contributed by atoms with Crippen LogP contribution in [0, 0.1) is 0 Å². The fourth-order valence-electron chi connectivity index (χ4n) is 0.877. The summed E-state index contributed by atoms with van der Waals surface area (Å²) in [5.41, 5.74) is 4.98. The molecule has 1 aromatic rings. The van der Waals surface area contributed by atoms with Crippen LogP contribution in [0.4, 0.5) is 5.95 Å². The van der Waals surface area contributed by atoms with Crippen molar-refractivity contribution in [1.82, 2.24) is 9.97 Å². The molecule has 0 atom stereocenters. The zero-order valence-electron chi connectivity index (χ0n) is 7.95. The lowest BCUT2D eigenvalue weighted by Gasteiger charge is -2.04. The number of rotatable bonds is 5. The number of H-pyrrole nitrogens is 1. The van der Waals surface area contributed by atoms with Crippen LogP contribution in [-0.2, 0) is 4.74 Å². The summed E-state index contributed by atoms with van der Waals surface area (Å²) in [4.78, 5) is 17.0. The Kier molecular flexibility index (Phi) is 3.93. The monoisotopic (exact) mass is 199 g/mol. The van der Waals surface area contributed by atoms with Gasteiger partial charge in [-0.05, 0) is 6.92 Å². The summed E-state index contributed by atoms with van der Waals surface area (Å²) in [7, 11) is 0. The van der Waals surface area contributed by atoms with Gasteiger partial charge in [0.1, 0.15) is 6.61 Å². The van der Waals surface area contributed by atoms with Crippen molar-refractivity contribution >= 4 is 5.95 Å². The van der Waals surface area contributed by atoms with E-state index < -0.39 is 0 Å². The van der Waals surface area contributed by atoms with E-state index in [2.05, 4.69) is 9.97 Å². The first-order valence-electron chi connectivity index (χ1n) is 4.29. The number of hydrogen-bond acceptors (Lipinski definition) is 5. The number of ether oxygens (including phenoxy) is 2. The first-order chi connectivity index (χ1) is 6.72. The molecule has 6 heteroatoms. The number of nitrogens with zero attached hydrogens (tertiary/aromatic N) is 1. The van der Waals surface area contributed by atoms with E-state index in [0.29, 0.717) is 19.8 Å². The summed E-state index contributed by atoms with van der Waals surface area (Å²) in [5, 5.41) is 0. The maximum atomic E-state index is 10.9. The minimum absolute atomic E-state index is 0.0453. The van der Waals surface area contributed by atoms with Crippen LogP contribution in [-0.4, -0.2) is 29.8 Å². The molecule has 0 radical (unpaired) electrons. The Balaban J connectivity index is 2.46. The molecule has 1 rings (SSSR count). The Morgan fingerprint density at radius 1 is 1.57 bits per heavy atom. The third-order valence-corrected chi connectivity index (χ3v) is 1.42. The largest absolute Gasteiger partial charge is 0.475 e. The molecule has 0 bridgehead atoms. The van der Waals surface area contributed by atoms with Gasteiger partial charge in [-0.15, -0.1) is 0 Å². The van der Waals surface area contributed by atoms with Crippen molar-refractivity contribution in [2.24, 2.45) is 0 Å². The van der Waals surface area contributed by atoms with Gasteiger partial charge in [-0.1, -0.05) is 0 Å². The smallest absolute Gasteiger partial charge is 0.256 e. The third-order valence-electron chi connectivity index (χ3n) is 1.42. The van der Waals surface area contributed by atoms with Gasteiger partial charge in [0.25, 0.3) is 5.56 Å². The van der Waals surface area contributed by atoms with Gasteiger partial charge >= 0.3 is 0 Å². The predicted molar refractivity (Wildman–Crippen MR) is 51.3 cm³/mol. The van der Waals surface area contributed by atoms with E-state index in [1.165, 1.54) is 6.07 Å². The Hall–Kier alpha value is -1.56. The van der Waals surface area contributed by atoms with Crippen LogP contribution in [0.1, 0.15) is 6.92 Å². The Morgan fingerprint density at radius 3 is 3.00 bits per heavy atom. The van der Waals surface area contributed by atoms with Crippen molar-refractivity contribution in [3.63, 3.8) is 0 Å². The Morgan fingerprint density at radius 2 is 2.36 bits per heavy atom. The molecular weight excluding hydrogens is 186 g/mol. The number of anilines is 1. The second kappa shape index (κ2) is 5.23. The highest BCUT2D eigenvalue weighted by atomic mass is 16.5. The molecular formula is C8H13N3O3. The molecule has 0 aromatic carbocycles. The van der Waals surface area contributed by atoms with E-state index in [0.717, 1.165) is 0 Å². The van der Waals surface area contributed by atoms with Crippen molar-refractivity contribution in [1.29, 1.82) is 0 Å². The summed E-state index contributed by atoms with van der Waals surface area (Å²) in [6, 6.07) is 1.24. The van der Waals surface area contributed by atoms with E-state index in [-0.39, 0.29) is 17.4 Å². The average Bonchev–Trinajstić information content (AvgIpc) is 2.11. The van der Waals surface area contributed by atoms with Gasteiger partial charge in [0.05, 0.1) is 12.7 Å². The average molecular weight is 199 g/mol. The van der Waals surface area contributed by atoms with Gasteiger partial charge in [-0.25, -0.2) is 0 Å². The first kappa shape index (κ1) is 10.5. The van der Waals surface area contributed by atoms with Crippen LogP contribution in [0.3, 0.4) is 0 Å².